The highest BCUT2D eigenvalue weighted by Gasteiger charge is 2.24. The molecule has 2 amide bonds. The number of nitrogens with zero attached hydrogens (tertiary/aromatic N) is 1. The minimum atomic E-state index is -0.557. The summed E-state index contributed by atoms with van der Waals surface area (Å²) >= 11 is 0. The first-order valence-corrected chi connectivity index (χ1v) is 9.21. The molecule has 0 unspecified atom stereocenters. The summed E-state index contributed by atoms with van der Waals surface area (Å²) in [4.78, 5) is 35.6. The van der Waals surface area contributed by atoms with Crippen LogP contribution in [0.4, 0.5) is 17.1 Å². The zero-order chi connectivity index (χ0) is 20.8. The Kier molecular flexibility index (Phi) is 6.40. The minimum Gasteiger partial charge on any atom is -0.383 e. The molecule has 3 rings (SSSR count). The number of ether oxygens (including phenoxy) is 1. The molecule has 1 aliphatic carbocycles. The molecule has 9 nitrogen and oxygen atoms in total. The van der Waals surface area contributed by atoms with E-state index in [-0.39, 0.29) is 23.2 Å². The van der Waals surface area contributed by atoms with E-state index >= 15 is 0 Å². The van der Waals surface area contributed by atoms with Gasteiger partial charge in [0, 0.05) is 48.8 Å². The van der Waals surface area contributed by atoms with Crippen LogP contribution in [0.15, 0.2) is 42.5 Å². The van der Waals surface area contributed by atoms with E-state index < -0.39 is 10.8 Å². The van der Waals surface area contributed by atoms with Crippen molar-refractivity contribution >= 4 is 28.9 Å². The Morgan fingerprint density at radius 2 is 1.97 bits per heavy atom. The van der Waals surface area contributed by atoms with Gasteiger partial charge in [0.15, 0.2) is 0 Å². The molecule has 1 aliphatic rings. The van der Waals surface area contributed by atoms with Gasteiger partial charge in [-0.3, -0.25) is 19.7 Å². The number of nitro groups is 1. The maximum atomic E-state index is 12.8. The third kappa shape index (κ3) is 5.52. The summed E-state index contributed by atoms with van der Waals surface area (Å²) in [5, 5.41) is 19.7. The minimum absolute atomic E-state index is 0.128. The molecule has 0 spiro atoms. The molecule has 152 valence electrons. The van der Waals surface area contributed by atoms with Gasteiger partial charge in [-0.1, -0.05) is 6.07 Å². The quantitative estimate of drug-likeness (QED) is 0.339. The van der Waals surface area contributed by atoms with Crippen LogP contribution >= 0.6 is 0 Å². The number of hydrogen-bond acceptors (Lipinski definition) is 6. The van der Waals surface area contributed by atoms with Crippen molar-refractivity contribution in [1.82, 2.24) is 5.32 Å². The van der Waals surface area contributed by atoms with Gasteiger partial charge < -0.3 is 20.7 Å². The van der Waals surface area contributed by atoms with Crippen LogP contribution in [-0.4, -0.2) is 43.0 Å². The molecule has 0 atom stereocenters. The Balaban J connectivity index is 1.79. The molecule has 1 saturated carbocycles. The van der Waals surface area contributed by atoms with Crippen LogP contribution in [0.2, 0.25) is 0 Å². The molecular formula is C20H22N4O5. The second-order valence-corrected chi connectivity index (χ2v) is 6.69. The summed E-state index contributed by atoms with van der Waals surface area (Å²) < 4.78 is 4.98. The van der Waals surface area contributed by atoms with Crippen LogP contribution in [-0.2, 0) is 4.74 Å². The van der Waals surface area contributed by atoms with Crippen LogP contribution in [0, 0.1) is 10.1 Å². The lowest BCUT2D eigenvalue weighted by Gasteiger charge is -2.13. The first-order chi connectivity index (χ1) is 14.0. The SMILES string of the molecule is COCCNc1ccc([N+](=O)[O-])cc1C(=O)Nc1cccc(C(=O)NC2CC2)c1. The number of benzene rings is 2. The molecule has 0 bridgehead atoms. The highest BCUT2D eigenvalue weighted by Crippen LogP contribution is 2.24. The first-order valence-electron chi connectivity index (χ1n) is 9.21. The molecule has 3 N–H and O–H groups in total. The molecule has 0 aliphatic heterocycles. The number of anilines is 2. The molecule has 2 aromatic rings. The number of methoxy groups -OCH3 is 1. The van der Waals surface area contributed by atoms with Crippen molar-refractivity contribution in [3.8, 4) is 0 Å². The third-order valence-electron chi connectivity index (χ3n) is 4.38. The van der Waals surface area contributed by atoms with Crippen LogP contribution in [0.25, 0.3) is 0 Å². The average Bonchev–Trinajstić information content (AvgIpc) is 3.52. The fourth-order valence-corrected chi connectivity index (χ4v) is 2.71. The van der Waals surface area contributed by atoms with Crippen molar-refractivity contribution in [2.45, 2.75) is 18.9 Å². The van der Waals surface area contributed by atoms with Gasteiger partial charge in [-0.2, -0.15) is 0 Å². The lowest BCUT2D eigenvalue weighted by Crippen LogP contribution is -2.25. The second-order valence-electron chi connectivity index (χ2n) is 6.69. The molecule has 0 heterocycles. The highest BCUT2D eigenvalue weighted by molar-refractivity contribution is 6.09. The van der Waals surface area contributed by atoms with E-state index in [9.17, 15) is 19.7 Å². The maximum absolute atomic E-state index is 12.8. The van der Waals surface area contributed by atoms with E-state index in [2.05, 4.69) is 16.0 Å². The van der Waals surface area contributed by atoms with Crippen LogP contribution in [0.3, 0.4) is 0 Å². The van der Waals surface area contributed by atoms with E-state index in [4.69, 9.17) is 4.74 Å². The van der Waals surface area contributed by atoms with Gasteiger partial charge in [-0.25, -0.2) is 0 Å². The number of amides is 2. The van der Waals surface area contributed by atoms with Gasteiger partial charge in [0.1, 0.15) is 0 Å². The third-order valence-corrected chi connectivity index (χ3v) is 4.38. The predicted molar refractivity (Wildman–Crippen MR) is 108 cm³/mol. The number of nitrogens with one attached hydrogen (secondary N) is 3. The van der Waals surface area contributed by atoms with Crippen molar-refractivity contribution in [1.29, 1.82) is 0 Å². The Labute approximate surface area is 167 Å². The van der Waals surface area contributed by atoms with Crippen LogP contribution in [0.1, 0.15) is 33.6 Å². The van der Waals surface area contributed by atoms with Crippen molar-refractivity contribution in [3.63, 3.8) is 0 Å². The molecule has 9 heteroatoms. The molecule has 0 saturated heterocycles. The van der Waals surface area contributed by atoms with Crippen molar-refractivity contribution in [2.75, 3.05) is 30.9 Å². The fraction of sp³-hybridized carbons (Fsp3) is 0.300. The fourth-order valence-electron chi connectivity index (χ4n) is 2.71. The molecule has 1 fully saturated rings. The average molecular weight is 398 g/mol. The topological polar surface area (TPSA) is 123 Å². The number of carbonyl (C=O) groups excluding carboxylic acids is 2. The Morgan fingerprint density at radius 1 is 1.17 bits per heavy atom. The van der Waals surface area contributed by atoms with E-state index in [1.165, 1.54) is 18.2 Å². The van der Waals surface area contributed by atoms with Crippen molar-refractivity contribution in [2.24, 2.45) is 0 Å². The number of nitro benzene ring substituents is 1. The number of non-ortho nitro benzene ring substituents is 1. The van der Waals surface area contributed by atoms with Gasteiger partial charge in [0.05, 0.1) is 17.1 Å². The zero-order valence-electron chi connectivity index (χ0n) is 15.9. The Morgan fingerprint density at radius 3 is 2.66 bits per heavy atom. The van der Waals surface area contributed by atoms with Crippen LogP contribution in [0.5, 0.6) is 0 Å². The van der Waals surface area contributed by atoms with Gasteiger partial charge >= 0.3 is 0 Å². The van der Waals surface area contributed by atoms with E-state index in [1.54, 1.807) is 31.4 Å². The first kappa shape index (κ1) is 20.3. The highest BCUT2D eigenvalue weighted by atomic mass is 16.6. The van der Waals surface area contributed by atoms with E-state index in [0.29, 0.717) is 30.1 Å². The summed E-state index contributed by atoms with van der Waals surface area (Å²) in [5.74, 6) is -0.714. The van der Waals surface area contributed by atoms with Gasteiger partial charge in [-0.15, -0.1) is 0 Å². The number of rotatable bonds is 9. The summed E-state index contributed by atoms with van der Waals surface area (Å²) in [6.45, 7) is 0.849. The largest absolute Gasteiger partial charge is 0.383 e. The molecule has 2 aromatic carbocycles. The van der Waals surface area contributed by atoms with Crippen molar-refractivity contribution < 1.29 is 19.2 Å². The normalized spacial score (nSPS) is 12.9. The Bertz CT molecular complexity index is 927. The monoisotopic (exact) mass is 398 g/mol. The molecule has 29 heavy (non-hydrogen) atoms. The summed E-state index contributed by atoms with van der Waals surface area (Å²) in [7, 11) is 1.55. The van der Waals surface area contributed by atoms with Gasteiger partial charge in [0.25, 0.3) is 17.5 Å². The summed E-state index contributed by atoms with van der Waals surface area (Å²) in [6, 6.07) is 10.8. The van der Waals surface area contributed by atoms with Crippen molar-refractivity contribution in [3.05, 3.63) is 63.7 Å². The standard InChI is InChI=1S/C20H22N4O5/c1-29-10-9-21-18-8-7-16(24(27)28)12-17(18)20(26)23-15-4-2-3-13(11-15)19(25)22-14-5-6-14/h2-4,7-8,11-12,14,21H,5-6,9-10H2,1H3,(H,22,25)(H,23,26). The van der Waals surface area contributed by atoms with E-state index in [0.717, 1.165) is 12.8 Å². The van der Waals surface area contributed by atoms with Gasteiger partial charge in [0.2, 0.25) is 0 Å². The van der Waals surface area contributed by atoms with Crippen LogP contribution < -0.4 is 16.0 Å². The van der Waals surface area contributed by atoms with Gasteiger partial charge in [-0.05, 0) is 37.1 Å². The number of hydrogen-bond donors (Lipinski definition) is 3. The lowest BCUT2D eigenvalue weighted by atomic mass is 10.1. The molecule has 0 radical (unpaired) electrons. The smallest absolute Gasteiger partial charge is 0.270 e. The Hall–Kier alpha value is -3.46. The molecule has 0 aromatic heterocycles. The summed E-state index contributed by atoms with van der Waals surface area (Å²) in [5.41, 5.74) is 1.25. The molecular weight excluding hydrogens is 376 g/mol. The zero-order valence-corrected chi connectivity index (χ0v) is 15.9. The number of carbonyl (C=O) groups is 2. The maximum Gasteiger partial charge on any atom is 0.270 e. The summed E-state index contributed by atoms with van der Waals surface area (Å²) in [6.07, 6.45) is 1.96. The second kappa shape index (κ2) is 9.16. The van der Waals surface area contributed by atoms with E-state index in [1.807, 2.05) is 0 Å². The lowest BCUT2D eigenvalue weighted by molar-refractivity contribution is -0.384. The predicted octanol–water partition coefficient (Wildman–Crippen LogP) is 2.80.